The zero-order chi connectivity index (χ0) is 16.3. The number of hydrogen-bond acceptors (Lipinski definition) is 2. The molecular weight excluding hydrogens is 264 g/mol. The number of allylic oxidation sites excluding steroid dienone is 5. The average molecular weight is 292 g/mol. The van der Waals surface area contributed by atoms with E-state index in [1.807, 2.05) is 26.8 Å². The first-order chi connectivity index (χ1) is 9.82. The molecule has 0 amide bonds. The Hall–Kier alpha value is -1.64. The minimum absolute atomic E-state index is 0.200. The Bertz CT molecular complexity index is 435. The second kappa shape index (κ2) is 11.1. The van der Waals surface area contributed by atoms with E-state index in [1.54, 1.807) is 6.92 Å². The molecule has 3 heteroatoms. The van der Waals surface area contributed by atoms with Crippen LogP contribution >= 0.6 is 0 Å². The van der Waals surface area contributed by atoms with Gasteiger partial charge in [-0.2, -0.15) is 0 Å². The van der Waals surface area contributed by atoms with Crippen LogP contribution in [0.4, 0.5) is 0 Å². The lowest BCUT2D eigenvalue weighted by Gasteiger charge is -2.02. The summed E-state index contributed by atoms with van der Waals surface area (Å²) < 4.78 is 0. The summed E-state index contributed by atoms with van der Waals surface area (Å²) in [5, 5.41) is 9.17. The van der Waals surface area contributed by atoms with Gasteiger partial charge >= 0.3 is 5.97 Å². The molecular formula is C18H28O3. The van der Waals surface area contributed by atoms with Crippen LogP contribution in [0.25, 0.3) is 0 Å². The standard InChI is InChI=1S/C18H28O3/c1-14(2)8-5-12-17(18(20)21)13-7-10-15(3)9-6-11-16(4)19/h8-9,13H,5-7,10-12H2,1-4H3,(H,20,21). The fourth-order valence-corrected chi connectivity index (χ4v) is 1.91. The van der Waals surface area contributed by atoms with Crippen LogP contribution in [0.3, 0.4) is 0 Å². The van der Waals surface area contributed by atoms with Gasteiger partial charge in [0.1, 0.15) is 5.78 Å². The molecule has 0 rings (SSSR count). The van der Waals surface area contributed by atoms with Crippen LogP contribution in [-0.2, 0) is 9.59 Å². The number of carbonyl (C=O) groups excluding carboxylic acids is 1. The third-order valence-corrected chi connectivity index (χ3v) is 3.16. The van der Waals surface area contributed by atoms with Gasteiger partial charge in [0.05, 0.1) is 0 Å². The molecule has 0 aliphatic heterocycles. The summed E-state index contributed by atoms with van der Waals surface area (Å²) in [6.45, 7) is 7.65. The first-order valence-electron chi connectivity index (χ1n) is 7.53. The number of aliphatic carboxylic acids is 1. The smallest absolute Gasteiger partial charge is 0.331 e. The van der Waals surface area contributed by atoms with Crippen molar-refractivity contribution >= 4 is 11.8 Å². The number of carbonyl (C=O) groups is 2. The SMILES string of the molecule is CC(=O)CCC=C(C)CCC=C(CCC=C(C)C)C(=O)O. The molecule has 0 aromatic carbocycles. The molecule has 0 fully saturated rings. The van der Waals surface area contributed by atoms with Gasteiger partial charge in [-0.3, -0.25) is 0 Å². The van der Waals surface area contributed by atoms with Crippen LogP contribution in [-0.4, -0.2) is 16.9 Å². The fourth-order valence-electron chi connectivity index (χ4n) is 1.91. The summed E-state index contributed by atoms with van der Waals surface area (Å²) in [4.78, 5) is 22.0. The fraction of sp³-hybridized carbons (Fsp3) is 0.556. The topological polar surface area (TPSA) is 54.4 Å². The van der Waals surface area contributed by atoms with Gasteiger partial charge in [-0.1, -0.05) is 29.4 Å². The van der Waals surface area contributed by atoms with Gasteiger partial charge in [-0.05, 0) is 59.8 Å². The molecule has 0 saturated carbocycles. The van der Waals surface area contributed by atoms with E-state index >= 15 is 0 Å². The highest BCUT2D eigenvalue weighted by Gasteiger charge is 2.05. The quantitative estimate of drug-likeness (QED) is 0.463. The lowest BCUT2D eigenvalue weighted by Crippen LogP contribution is -2.00. The highest BCUT2D eigenvalue weighted by atomic mass is 16.4. The first kappa shape index (κ1) is 19.4. The molecule has 3 nitrogen and oxygen atoms in total. The highest BCUT2D eigenvalue weighted by molar-refractivity contribution is 5.86. The van der Waals surface area contributed by atoms with Gasteiger partial charge in [0, 0.05) is 12.0 Å². The van der Waals surface area contributed by atoms with Crippen molar-refractivity contribution in [1.82, 2.24) is 0 Å². The van der Waals surface area contributed by atoms with Crippen LogP contribution in [0.2, 0.25) is 0 Å². The van der Waals surface area contributed by atoms with E-state index in [-0.39, 0.29) is 5.78 Å². The molecule has 0 aromatic rings. The molecule has 0 aromatic heterocycles. The molecule has 0 radical (unpaired) electrons. The zero-order valence-electron chi connectivity index (χ0n) is 13.7. The van der Waals surface area contributed by atoms with E-state index in [0.717, 1.165) is 25.7 Å². The first-order valence-corrected chi connectivity index (χ1v) is 7.53. The summed E-state index contributed by atoms with van der Waals surface area (Å²) in [5.41, 5.74) is 2.91. The monoisotopic (exact) mass is 292 g/mol. The molecule has 0 saturated heterocycles. The maximum atomic E-state index is 11.2. The van der Waals surface area contributed by atoms with Crippen molar-refractivity contribution in [2.45, 2.75) is 66.2 Å². The van der Waals surface area contributed by atoms with Crippen molar-refractivity contribution < 1.29 is 14.7 Å². The van der Waals surface area contributed by atoms with E-state index in [2.05, 4.69) is 12.2 Å². The van der Waals surface area contributed by atoms with E-state index in [0.29, 0.717) is 18.4 Å². The molecule has 118 valence electrons. The van der Waals surface area contributed by atoms with Gasteiger partial charge in [0.2, 0.25) is 0 Å². The maximum Gasteiger partial charge on any atom is 0.331 e. The van der Waals surface area contributed by atoms with Gasteiger partial charge in [-0.15, -0.1) is 0 Å². The predicted molar refractivity (Wildman–Crippen MR) is 87.3 cm³/mol. The summed E-state index contributed by atoms with van der Waals surface area (Å²) in [6, 6.07) is 0. The Labute approximate surface area is 128 Å². The van der Waals surface area contributed by atoms with Crippen LogP contribution < -0.4 is 0 Å². The molecule has 0 unspecified atom stereocenters. The lowest BCUT2D eigenvalue weighted by molar-refractivity contribution is -0.132. The third-order valence-electron chi connectivity index (χ3n) is 3.16. The van der Waals surface area contributed by atoms with Gasteiger partial charge in [-0.25, -0.2) is 4.79 Å². The highest BCUT2D eigenvalue weighted by Crippen LogP contribution is 2.13. The van der Waals surface area contributed by atoms with Crippen molar-refractivity contribution in [3.8, 4) is 0 Å². The number of ketones is 1. The van der Waals surface area contributed by atoms with Crippen molar-refractivity contribution in [2.75, 3.05) is 0 Å². The molecule has 0 heterocycles. The number of Topliss-reactive ketones (excluding diaryl/α,β-unsaturated/α-hetero) is 1. The molecule has 21 heavy (non-hydrogen) atoms. The van der Waals surface area contributed by atoms with Crippen LogP contribution in [0.15, 0.2) is 34.9 Å². The molecule has 0 spiro atoms. The summed E-state index contributed by atoms with van der Waals surface area (Å²) in [6.07, 6.45) is 10.2. The number of hydrogen-bond donors (Lipinski definition) is 1. The van der Waals surface area contributed by atoms with Crippen LogP contribution in [0, 0.1) is 0 Å². The van der Waals surface area contributed by atoms with E-state index < -0.39 is 5.97 Å². The predicted octanol–water partition coefficient (Wildman–Crippen LogP) is 4.84. The van der Waals surface area contributed by atoms with E-state index in [9.17, 15) is 9.59 Å². The van der Waals surface area contributed by atoms with E-state index in [1.165, 1.54) is 11.1 Å². The Kier molecular flexibility index (Phi) is 10.2. The molecule has 0 atom stereocenters. The Morgan fingerprint density at radius 3 is 1.90 bits per heavy atom. The van der Waals surface area contributed by atoms with Gasteiger partial charge in [0.25, 0.3) is 0 Å². The summed E-state index contributed by atoms with van der Waals surface area (Å²) >= 11 is 0. The number of carboxylic acids is 1. The van der Waals surface area contributed by atoms with Crippen molar-refractivity contribution in [3.63, 3.8) is 0 Å². The summed E-state index contributed by atoms with van der Waals surface area (Å²) in [5.74, 6) is -0.623. The third kappa shape index (κ3) is 11.9. The van der Waals surface area contributed by atoms with Crippen molar-refractivity contribution in [2.24, 2.45) is 0 Å². The second-order valence-electron chi connectivity index (χ2n) is 5.68. The van der Waals surface area contributed by atoms with Gasteiger partial charge < -0.3 is 9.90 Å². The van der Waals surface area contributed by atoms with Gasteiger partial charge in [0.15, 0.2) is 0 Å². The molecule has 0 bridgehead atoms. The largest absolute Gasteiger partial charge is 0.478 e. The Balaban J connectivity index is 4.28. The van der Waals surface area contributed by atoms with E-state index in [4.69, 9.17) is 5.11 Å². The Morgan fingerprint density at radius 2 is 1.38 bits per heavy atom. The lowest BCUT2D eigenvalue weighted by atomic mass is 10.0. The average Bonchev–Trinajstić information content (AvgIpc) is 2.35. The zero-order valence-corrected chi connectivity index (χ0v) is 13.7. The minimum atomic E-state index is -0.824. The van der Waals surface area contributed by atoms with Crippen molar-refractivity contribution in [1.29, 1.82) is 0 Å². The number of carboxylic acid groups (broad SMARTS) is 1. The van der Waals surface area contributed by atoms with Crippen LogP contribution in [0.5, 0.6) is 0 Å². The molecule has 0 aliphatic carbocycles. The van der Waals surface area contributed by atoms with Crippen LogP contribution in [0.1, 0.15) is 66.2 Å². The Morgan fingerprint density at radius 1 is 0.810 bits per heavy atom. The minimum Gasteiger partial charge on any atom is -0.478 e. The molecule has 1 N–H and O–H groups in total. The number of rotatable bonds is 10. The second-order valence-corrected chi connectivity index (χ2v) is 5.68. The maximum absolute atomic E-state index is 11.2. The summed E-state index contributed by atoms with van der Waals surface area (Å²) in [7, 11) is 0. The normalized spacial score (nSPS) is 12.2. The molecule has 0 aliphatic rings. The van der Waals surface area contributed by atoms with Crippen molar-refractivity contribution in [3.05, 3.63) is 34.9 Å².